The molecule has 1 N–H and O–H groups in total. The third-order valence-electron chi connectivity index (χ3n) is 6.69. The number of hydrogen-bond donors (Lipinski definition) is 1. The standard InChI is InChI=1S/C32H35F3N2O2/c1-21(2)14-15-37(20-24-12-10-23(19-36)11-13-24)29-18-26(25-8-6-5-7-9-25)17-27(30(29)32(33,34)35)28(31(38)39)16-22(3)4/h5-13,17-18,21-22,28H,14-16,20H2,1-4H3,(H,38,39)/t28-/m1/s1. The summed E-state index contributed by atoms with van der Waals surface area (Å²) in [6.07, 6.45) is -4.05. The van der Waals surface area contributed by atoms with E-state index in [1.54, 1.807) is 35.2 Å². The Morgan fingerprint density at radius 2 is 1.59 bits per heavy atom. The van der Waals surface area contributed by atoms with Gasteiger partial charge in [0, 0.05) is 13.1 Å². The fraction of sp³-hybridized carbons (Fsp3) is 0.375. The van der Waals surface area contributed by atoms with E-state index in [0.717, 1.165) is 5.56 Å². The van der Waals surface area contributed by atoms with E-state index in [1.807, 2.05) is 58.0 Å². The lowest BCUT2D eigenvalue weighted by molar-refractivity contribution is -0.141. The maximum atomic E-state index is 14.9. The number of rotatable bonds is 11. The first kappa shape index (κ1) is 29.8. The van der Waals surface area contributed by atoms with E-state index in [2.05, 4.69) is 6.07 Å². The summed E-state index contributed by atoms with van der Waals surface area (Å²) >= 11 is 0. The van der Waals surface area contributed by atoms with Gasteiger partial charge < -0.3 is 10.0 Å². The molecule has 0 aliphatic carbocycles. The molecule has 39 heavy (non-hydrogen) atoms. The van der Waals surface area contributed by atoms with Crippen LogP contribution >= 0.6 is 0 Å². The molecule has 0 saturated heterocycles. The molecule has 0 amide bonds. The van der Waals surface area contributed by atoms with Crippen molar-refractivity contribution in [3.8, 4) is 17.2 Å². The summed E-state index contributed by atoms with van der Waals surface area (Å²) < 4.78 is 44.8. The maximum Gasteiger partial charge on any atom is 0.418 e. The minimum atomic E-state index is -4.77. The fourth-order valence-electron chi connectivity index (χ4n) is 4.72. The van der Waals surface area contributed by atoms with Crippen molar-refractivity contribution in [3.63, 3.8) is 0 Å². The van der Waals surface area contributed by atoms with Crippen molar-refractivity contribution in [1.29, 1.82) is 5.26 Å². The van der Waals surface area contributed by atoms with Crippen LogP contribution in [-0.2, 0) is 17.5 Å². The first-order valence-corrected chi connectivity index (χ1v) is 13.2. The third kappa shape index (κ3) is 7.86. The lowest BCUT2D eigenvalue weighted by Gasteiger charge is -2.32. The van der Waals surface area contributed by atoms with Gasteiger partial charge in [-0.1, -0.05) is 70.2 Å². The summed E-state index contributed by atoms with van der Waals surface area (Å²) in [5.74, 6) is -2.46. The van der Waals surface area contributed by atoms with E-state index in [9.17, 15) is 23.1 Å². The highest BCUT2D eigenvalue weighted by Crippen LogP contribution is 2.46. The Balaban J connectivity index is 2.32. The van der Waals surface area contributed by atoms with Crippen LogP contribution in [0.1, 0.15) is 68.7 Å². The smallest absolute Gasteiger partial charge is 0.418 e. The van der Waals surface area contributed by atoms with Crippen molar-refractivity contribution in [2.24, 2.45) is 11.8 Å². The average molecular weight is 537 g/mol. The summed E-state index contributed by atoms with van der Waals surface area (Å²) in [6.45, 7) is 8.18. The van der Waals surface area contributed by atoms with E-state index >= 15 is 0 Å². The van der Waals surface area contributed by atoms with Crippen LogP contribution in [-0.4, -0.2) is 17.6 Å². The number of hydrogen-bond acceptors (Lipinski definition) is 3. The van der Waals surface area contributed by atoms with Crippen molar-refractivity contribution in [1.82, 2.24) is 0 Å². The average Bonchev–Trinajstić information content (AvgIpc) is 2.89. The zero-order valence-corrected chi connectivity index (χ0v) is 22.8. The second-order valence-electron chi connectivity index (χ2n) is 10.8. The molecule has 0 aromatic heterocycles. The predicted molar refractivity (Wildman–Crippen MR) is 148 cm³/mol. The van der Waals surface area contributed by atoms with Gasteiger partial charge in [0.1, 0.15) is 0 Å². The largest absolute Gasteiger partial charge is 0.481 e. The molecule has 0 aliphatic heterocycles. The molecule has 0 heterocycles. The number of carbonyl (C=O) groups is 1. The van der Waals surface area contributed by atoms with Crippen LogP contribution in [0.25, 0.3) is 11.1 Å². The Labute approximate surface area is 228 Å². The number of nitriles is 1. The zero-order chi connectivity index (χ0) is 28.7. The first-order chi connectivity index (χ1) is 18.4. The van der Waals surface area contributed by atoms with Crippen molar-refractivity contribution < 1.29 is 23.1 Å². The molecule has 206 valence electrons. The molecule has 3 aromatic carbocycles. The first-order valence-electron chi connectivity index (χ1n) is 13.2. The number of anilines is 1. The lowest BCUT2D eigenvalue weighted by Crippen LogP contribution is -2.29. The molecule has 1 atom stereocenters. The van der Waals surface area contributed by atoms with E-state index in [1.165, 1.54) is 6.07 Å². The number of carboxylic acids is 1. The highest BCUT2D eigenvalue weighted by atomic mass is 19.4. The molecule has 4 nitrogen and oxygen atoms in total. The van der Waals surface area contributed by atoms with Gasteiger partial charge in [-0.2, -0.15) is 18.4 Å². The molecule has 0 spiro atoms. The van der Waals surface area contributed by atoms with Crippen LogP contribution in [0, 0.1) is 23.2 Å². The number of halogens is 3. The molecule has 0 saturated carbocycles. The molecule has 0 aliphatic rings. The van der Waals surface area contributed by atoms with Crippen LogP contribution in [0.5, 0.6) is 0 Å². The Kier molecular flexibility index (Phi) is 9.80. The van der Waals surface area contributed by atoms with Gasteiger partial charge in [-0.15, -0.1) is 0 Å². The van der Waals surface area contributed by atoms with Crippen LogP contribution in [0.2, 0.25) is 0 Å². The number of carboxylic acid groups (broad SMARTS) is 1. The lowest BCUT2D eigenvalue weighted by atomic mass is 9.84. The van der Waals surface area contributed by atoms with Gasteiger partial charge in [0.05, 0.1) is 28.8 Å². The Bertz CT molecular complexity index is 1290. The van der Waals surface area contributed by atoms with Crippen LogP contribution in [0.15, 0.2) is 66.7 Å². The molecular formula is C32H35F3N2O2. The normalized spacial score (nSPS) is 12.4. The highest BCUT2D eigenvalue weighted by Gasteiger charge is 2.41. The zero-order valence-electron chi connectivity index (χ0n) is 22.8. The van der Waals surface area contributed by atoms with E-state index in [-0.39, 0.29) is 36.1 Å². The summed E-state index contributed by atoms with van der Waals surface area (Å²) in [5, 5.41) is 19.3. The minimum absolute atomic E-state index is 0.0288. The Morgan fingerprint density at radius 1 is 0.949 bits per heavy atom. The summed E-state index contributed by atoms with van der Waals surface area (Å²) in [5.41, 5.74) is 1.34. The molecule has 0 radical (unpaired) electrons. The predicted octanol–water partition coefficient (Wildman–Crippen LogP) is 8.51. The van der Waals surface area contributed by atoms with Crippen LogP contribution in [0.4, 0.5) is 18.9 Å². The molecule has 7 heteroatoms. The summed E-state index contributed by atoms with van der Waals surface area (Å²) in [6, 6.07) is 20.9. The minimum Gasteiger partial charge on any atom is -0.481 e. The monoisotopic (exact) mass is 536 g/mol. The van der Waals surface area contributed by atoms with Crippen molar-refractivity contribution in [2.45, 2.75) is 59.2 Å². The highest BCUT2D eigenvalue weighted by molar-refractivity contribution is 5.81. The van der Waals surface area contributed by atoms with Gasteiger partial charge in [0.2, 0.25) is 0 Å². The van der Waals surface area contributed by atoms with Crippen LogP contribution in [0.3, 0.4) is 0 Å². The van der Waals surface area contributed by atoms with Gasteiger partial charge in [0.15, 0.2) is 0 Å². The van der Waals surface area contributed by atoms with Gasteiger partial charge >= 0.3 is 12.1 Å². The molecule has 3 rings (SSSR count). The van der Waals surface area contributed by atoms with E-state index in [0.29, 0.717) is 29.7 Å². The third-order valence-corrected chi connectivity index (χ3v) is 6.69. The summed E-state index contributed by atoms with van der Waals surface area (Å²) in [7, 11) is 0. The number of nitrogens with zero attached hydrogens (tertiary/aromatic N) is 2. The fourth-order valence-corrected chi connectivity index (χ4v) is 4.72. The summed E-state index contributed by atoms with van der Waals surface area (Å²) in [4.78, 5) is 14.1. The van der Waals surface area contributed by atoms with Gasteiger partial charge in [-0.25, -0.2) is 0 Å². The van der Waals surface area contributed by atoms with Gasteiger partial charge in [-0.3, -0.25) is 4.79 Å². The second-order valence-corrected chi connectivity index (χ2v) is 10.8. The van der Waals surface area contributed by atoms with Gasteiger partial charge in [0.25, 0.3) is 0 Å². The van der Waals surface area contributed by atoms with Crippen molar-refractivity contribution >= 4 is 11.7 Å². The van der Waals surface area contributed by atoms with E-state index in [4.69, 9.17) is 5.26 Å². The van der Waals surface area contributed by atoms with Crippen molar-refractivity contribution in [2.75, 3.05) is 11.4 Å². The maximum absolute atomic E-state index is 14.9. The molecular weight excluding hydrogens is 501 g/mol. The number of aliphatic carboxylic acids is 1. The number of alkyl halides is 3. The Hall–Kier alpha value is -3.79. The van der Waals surface area contributed by atoms with E-state index < -0.39 is 23.6 Å². The topological polar surface area (TPSA) is 64.3 Å². The second kappa shape index (κ2) is 12.8. The van der Waals surface area contributed by atoms with Crippen molar-refractivity contribution in [3.05, 3.63) is 89.0 Å². The molecule has 0 fully saturated rings. The number of benzene rings is 3. The Morgan fingerprint density at radius 3 is 2.10 bits per heavy atom. The quantitative estimate of drug-likeness (QED) is 0.267. The molecule has 0 unspecified atom stereocenters. The SMILES string of the molecule is CC(C)CCN(Cc1ccc(C#N)cc1)c1cc(-c2ccccc2)cc([C@@H](CC(C)C)C(=O)O)c1C(F)(F)F. The molecule has 3 aromatic rings. The molecule has 0 bridgehead atoms. The van der Waals surface area contributed by atoms with Crippen LogP contribution < -0.4 is 4.90 Å². The van der Waals surface area contributed by atoms with Gasteiger partial charge in [-0.05, 0) is 71.2 Å².